The number of ether oxygens (including phenoxy) is 4. The molecule has 0 saturated carbocycles. The lowest BCUT2D eigenvalue weighted by molar-refractivity contribution is -0.193. The Balaban J connectivity index is -0.000000772. The molecule has 20 heteroatoms. The molecule has 0 unspecified atom stereocenters. The number of hydrogen-bond acceptors (Lipinski definition) is 20. The zero-order valence-corrected chi connectivity index (χ0v) is 33.6. The van der Waals surface area contributed by atoms with Crippen molar-refractivity contribution in [2.45, 2.75) is 53.4 Å². The van der Waals surface area contributed by atoms with Gasteiger partial charge >= 0.3 is 48.5 Å². The van der Waals surface area contributed by atoms with Gasteiger partial charge in [0.15, 0.2) is 0 Å². The molecule has 0 spiro atoms. The van der Waals surface area contributed by atoms with Crippen molar-refractivity contribution in [1.29, 1.82) is 21.0 Å². The van der Waals surface area contributed by atoms with Crippen LogP contribution in [0.5, 0.6) is 0 Å². The van der Waals surface area contributed by atoms with Crippen LogP contribution in [0.2, 0.25) is 0 Å². The molecule has 20 nitrogen and oxygen atoms in total. The monoisotopic (exact) mass is 844 g/mol. The Bertz CT molecular complexity index is 1740. The summed E-state index contributed by atoms with van der Waals surface area (Å²) >= 11 is 0. The van der Waals surface area contributed by atoms with Crippen LogP contribution in [0.1, 0.15) is 53.4 Å². The predicted octanol–water partition coefficient (Wildman–Crippen LogP) is 3.48. The van der Waals surface area contributed by atoms with Crippen LogP contribution in [0.3, 0.4) is 0 Å². The minimum absolute atomic E-state index is 0.250. The molecule has 0 aromatic carbocycles. The van der Waals surface area contributed by atoms with Crippen molar-refractivity contribution in [3.05, 3.63) is 95.2 Å². The molecule has 0 aliphatic heterocycles. The van der Waals surface area contributed by atoms with Crippen LogP contribution in [0.15, 0.2) is 95.2 Å². The van der Waals surface area contributed by atoms with E-state index in [1.807, 2.05) is 0 Å². The lowest BCUT2D eigenvalue weighted by Gasteiger charge is -2.31. The van der Waals surface area contributed by atoms with Gasteiger partial charge in [-0.25, -0.2) is 19.2 Å². The van der Waals surface area contributed by atoms with E-state index in [9.17, 15) is 40.2 Å². The molecule has 0 atom stereocenters. The summed E-state index contributed by atoms with van der Waals surface area (Å²) in [7, 11) is 0. The van der Waals surface area contributed by atoms with E-state index in [4.69, 9.17) is 57.3 Å². The van der Waals surface area contributed by atoms with E-state index in [-0.39, 0.29) is 24.6 Å². The molecule has 0 fully saturated rings. The number of esters is 4. The zero-order valence-electron chi connectivity index (χ0n) is 33.6. The van der Waals surface area contributed by atoms with Gasteiger partial charge in [-0.3, -0.25) is 0 Å². The molecule has 61 heavy (non-hydrogen) atoms. The highest BCUT2D eigenvalue weighted by Gasteiger charge is 2.39. The fraction of sp³-hybridized carbons (Fsp3) is 0.317. The molecular weight excluding hydrogens is 804 g/mol. The van der Waals surface area contributed by atoms with Gasteiger partial charge in [0.2, 0.25) is 0 Å². The summed E-state index contributed by atoms with van der Waals surface area (Å²) in [5, 5.41) is 38.2. The first-order chi connectivity index (χ1) is 28.8. The number of rotatable bonds is 20. The van der Waals surface area contributed by atoms with Crippen LogP contribution in [-0.2, 0) is 76.5 Å². The molecule has 0 aromatic heterocycles. The van der Waals surface area contributed by atoms with Crippen molar-refractivity contribution in [2.24, 2.45) is 5.41 Å². The molecule has 0 saturated heterocycles. The second kappa shape index (κ2) is 39.5. The first-order valence-electron chi connectivity index (χ1n) is 16.7. The van der Waals surface area contributed by atoms with Gasteiger partial charge in [-0.1, -0.05) is 76.3 Å². The van der Waals surface area contributed by atoms with Crippen molar-refractivity contribution in [2.75, 3.05) is 26.4 Å². The highest BCUT2D eigenvalue weighted by atomic mass is 16.6. The van der Waals surface area contributed by atoms with E-state index < -0.39 is 78.0 Å². The standard InChI is InChI=1S/C37H40N4O8.4CO2/c1-9-25(5)13-29(17-38)33(42)46-21-37(22-47-34(43)30(18-39)14-26(6)10-2,23-48-35(44)31(19-40)15-27(7)11-3)24-49-36(45)32(20-41)16-28(8)12-4;4*2-1-3/h13-16H,5-12,21-24H2,1-4H3;;;;/b29-13-,30-14-,31-15-,32-16-;;;;. The Labute approximate surface area is 350 Å². The highest BCUT2D eigenvalue weighted by Crippen LogP contribution is 2.24. The Morgan fingerprint density at radius 1 is 0.410 bits per heavy atom. The van der Waals surface area contributed by atoms with Crippen molar-refractivity contribution in [3.63, 3.8) is 0 Å². The summed E-state index contributed by atoms with van der Waals surface area (Å²) in [5.74, 6) is -4.51. The molecule has 320 valence electrons. The highest BCUT2D eigenvalue weighted by molar-refractivity contribution is 5.95. The largest absolute Gasteiger partial charge is 0.461 e. The van der Waals surface area contributed by atoms with Crippen LogP contribution in [-0.4, -0.2) is 74.9 Å². The third kappa shape index (κ3) is 31.1. The molecule has 0 amide bonds. The first kappa shape index (κ1) is 61.5. The summed E-state index contributed by atoms with van der Waals surface area (Å²) < 4.78 is 21.5. The number of carbonyl (C=O) groups is 4. The Morgan fingerprint density at radius 3 is 0.672 bits per heavy atom. The SMILES string of the molecule is C=C(/C=C(/C#N)C(=O)OCC(COC(=O)/C(C#N)=C\C(=C)CC)(COC(=O)/C(C#N)=C\C(=C)CC)COC(=O)/C(C#N)=C\C(=C)CC)CC.O=C=O.O=C=O.O=C=O.O=C=O. The van der Waals surface area contributed by atoms with Crippen molar-refractivity contribution < 1.29 is 76.5 Å². The molecule has 0 radical (unpaired) electrons. The van der Waals surface area contributed by atoms with E-state index >= 15 is 0 Å². The Hall–Kier alpha value is -8.72. The maximum absolute atomic E-state index is 13.0. The van der Waals surface area contributed by atoms with Gasteiger partial charge in [-0.2, -0.15) is 59.4 Å². The number of hydrogen-bond donors (Lipinski definition) is 0. The minimum atomic E-state index is -1.90. The van der Waals surface area contributed by atoms with Crippen LogP contribution in [0.4, 0.5) is 0 Å². The molecule has 0 aliphatic rings. The Kier molecular flexibility index (Phi) is 39.8. The van der Waals surface area contributed by atoms with Crippen molar-refractivity contribution in [3.8, 4) is 24.3 Å². The smallest absolute Gasteiger partial charge is 0.373 e. The first-order valence-corrected chi connectivity index (χ1v) is 16.7. The van der Waals surface area contributed by atoms with Crippen LogP contribution < -0.4 is 0 Å². The maximum Gasteiger partial charge on any atom is 0.373 e. The lowest BCUT2D eigenvalue weighted by atomic mass is 9.92. The van der Waals surface area contributed by atoms with Gasteiger partial charge in [0.25, 0.3) is 0 Å². The van der Waals surface area contributed by atoms with E-state index in [0.717, 1.165) is 0 Å². The predicted molar refractivity (Wildman–Crippen MR) is 199 cm³/mol. The molecule has 0 aliphatic carbocycles. The summed E-state index contributed by atoms with van der Waals surface area (Å²) in [6, 6.07) is 6.83. The van der Waals surface area contributed by atoms with Gasteiger partial charge in [0.05, 0.1) is 0 Å². The molecule has 0 rings (SSSR count). The van der Waals surface area contributed by atoms with Gasteiger partial charge in [0.1, 0.15) is 78.4 Å². The van der Waals surface area contributed by atoms with E-state index in [1.165, 1.54) is 24.3 Å². The van der Waals surface area contributed by atoms with Crippen LogP contribution in [0.25, 0.3) is 0 Å². The molecular formula is C41H40N4O16. The van der Waals surface area contributed by atoms with Crippen LogP contribution in [0, 0.1) is 50.7 Å². The summed E-state index contributed by atoms with van der Waals surface area (Å²) in [5.41, 5.74) is -1.86. The van der Waals surface area contributed by atoms with Crippen molar-refractivity contribution >= 4 is 48.5 Å². The second-order valence-corrected chi connectivity index (χ2v) is 10.9. The Morgan fingerprint density at radius 2 is 0.557 bits per heavy atom. The quantitative estimate of drug-likeness (QED) is 0.0556. The maximum atomic E-state index is 13.0. The van der Waals surface area contributed by atoms with Gasteiger partial charge in [0, 0.05) is 0 Å². The second-order valence-electron chi connectivity index (χ2n) is 10.9. The lowest BCUT2D eigenvalue weighted by Crippen LogP contribution is -2.44. The molecule has 0 aromatic rings. The summed E-state index contributed by atoms with van der Waals surface area (Å²) in [6.07, 6.45) is 7.52. The van der Waals surface area contributed by atoms with Crippen LogP contribution >= 0.6 is 0 Å². The van der Waals surface area contributed by atoms with E-state index in [1.54, 1.807) is 52.0 Å². The van der Waals surface area contributed by atoms with E-state index in [2.05, 4.69) is 26.3 Å². The normalized spacial score (nSPS) is 9.97. The third-order valence-electron chi connectivity index (χ3n) is 6.61. The number of nitriles is 4. The fourth-order valence-corrected chi connectivity index (χ4v) is 3.21. The molecule has 0 bridgehead atoms. The van der Waals surface area contributed by atoms with Gasteiger partial charge < -0.3 is 18.9 Å². The number of allylic oxidation sites excluding steroid dienone is 8. The average Bonchev–Trinajstić information content (AvgIpc) is 3.25. The fourth-order valence-electron chi connectivity index (χ4n) is 3.21. The summed E-state index contributed by atoms with van der Waals surface area (Å²) in [4.78, 5) is 117. The average molecular weight is 845 g/mol. The van der Waals surface area contributed by atoms with Gasteiger partial charge in [-0.05, 0) is 50.0 Å². The molecule has 0 heterocycles. The van der Waals surface area contributed by atoms with Gasteiger partial charge in [-0.15, -0.1) is 0 Å². The topological polar surface area (TPSA) is 337 Å². The van der Waals surface area contributed by atoms with Crippen molar-refractivity contribution in [1.82, 2.24) is 0 Å². The zero-order chi connectivity index (χ0) is 48.4. The third-order valence-corrected chi connectivity index (χ3v) is 6.61. The number of carbonyl (C=O) groups excluding carboxylic acids is 12. The van der Waals surface area contributed by atoms with E-state index in [0.29, 0.717) is 48.0 Å². The number of nitrogens with zero attached hydrogens (tertiary/aromatic N) is 4. The minimum Gasteiger partial charge on any atom is -0.461 e. The molecule has 0 N–H and O–H groups in total. The summed E-state index contributed by atoms with van der Waals surface area (Å²) in [6.45, 7) is 18.8.